The van der Waals surface area contributed by atoms with Crippen molar-refractivity contribution in [2.45, 2.75) is 6.92 Å². The van der Waals surface area contributed by atoms with Crippen molar-refractivity contribution in [3.05, 3.63) is 29.8 Å². The van der Waals surface area contributed by atoms with Crippen LogP contribution in [0.25, 0.3) is 0 Å². The van der Waals surface area contributed by atoms with Gasteiger partial charge in [0.15, 0.2) is 0 Å². The molecular weight excluding hydrogens is 211 g/mol. The van der Waals surface area contributed by atoms with Crippen LogP contribution in [0, 0.1) is 6.92 Å². The Morgan fingerprint density at radius 3 is 1.82 bits per heavy atom. The predicted octanol–water partition coefficient (Wildman–Crippen LogP) is 2.06. The van der Waals surface area contributed by atoms with Crippen LogP contribution >= 0.6 is 0 Å². The van der Waals surface area contributed by atoms with Crippen molar-refractivity contribution >= 4 is 5.69 Å². The summed E-state index contributed by atoms with van der Waals surface area (Å²) in [7, 11) is 4.09. The van der Waals surface area contributed by atoms with E-state index in [1.165, 1.54) is 11.3 Å². The Bertz CT molecular complexity index is 203. The Kier molecular flexibility index (Phi) is 4.95. The molecule has 1 rings (SSSR count). The molecule has 0 aliphatic carbocycles. The summed E-state index contributed by atoms with van der Waals surface area (Å²) >= 11 is 0. The summed E-state index contributed by atoms with van der Waals surface area (Å²) in [5.74, 6) is 0. The zero-order valence-electron chi connectivity index (χ0n) is 7.33. The van der Waals surface area contributed by atoms with Gasteiger partial charge < -0.3 is 4.90 Å². The molecule has 11 heavy (non-hydrogen) atoms. The Hall–Kier alpha value is 0.124. The fourth-order valence-electron chi connectivity index (χ4n) is 0.843. The second-order valence-corrected chi connectivity index (χ2v) is 2.73. The SMILES string of the molecule is Cc1ccc(N(C)C)cc1.[Y]. The van der Waals surface area contributed by atoms with E-state index in [0.717, 1.165) is 0 Å². The van der Waals surface area contributed by atoms with Crippen LogP contribution in [0.1, 0.15) is 5.56 Å². The molecule has 0 saturated heterocycles. The normalized spacial score (nSPS) is 8.64. The van der Waals surface area contributed by atoms with Crippen molar-refractivity contribution in [1.82, 2.24) is 0 Å². The third kappa shape index (κ3) is 3.35. The number of hydrogen-bond acceptors (Lipinski definition) is 1. The van der Waals surface area contributed by atoms with Gasteiger partial charge in [-0.25, -0.2) is 0 Å². The van der Waals surface area contributed by atoms with Crippen molar-refractivity contribution in [2.24, 2.45) is 0 Å². The molecule has 0 fully saturated rings. The zero-order valence-corrected chi connectivity index (χ0v) is 10.2. The average Bonchev–Trinajstić information content (AvgIpc) is 1.88. The first-order valence-electron chi connectivity index (χ1n) is 3.44. The summed E-state index contributed by atoms with van der Waals surface area (Å²) < 4.78 is 0. The smallest absolute Gasteiger partial charge is 0.0361 e. The van der Waals surface area contributed by atoms with Crippen LogP contribution in [0.15, 0.2) is 24.3 Å². The molecule has 0 atom stereocenters. The molecule has 0 saturated carbocycles. The number of anilines is 1. The first-order valence-corrected chi connectivity index (χ1v) is 3.44. The number of benzene rings is 1. The first-order chi connectivity index (χ1) is 4.70. The molecule has 0 aliphatic heterocycles. The van der Waals surface area contributed by atoms with Crippen LogP contribution in [0.4, 0.5) is 5.69 Å². The number of aryl methyl sites for hydroxylation is 1. The van der Waals surface area contributed by atoms with E-state index in [1.807, 2.05) is 14.1 Å². The molecule has 57 valence electrons. The standard InChI is InChI=1S/C9H13N.Y/c1-8-4-6-9(7-5-8)10(2)3;/h4-7H,1-3H3;. The molecule has 0 heterocycles. The summed E-state index contributed by atoms with van der Waals surface area (Å²) in [5.41, 5.74) is 2.57. The number of rotatable bonds is 1. The average molecular weight is 224 g/mol. The minimum atomic E-state index is 0. The molecule has 0 N–H and O–H groups in total. The summed E-state index contributed by atoms with van der Waals surface area (Å²) in [6.07, 6.45) is 0. The molecule has 0 unspecified atom stereocenters. The van der Waals surface area contributed by atoms with Gasteiger partial charge in [0.1, 0.15) is 0 Å². The monoisotopic (exact) mass is 224 g/mol. The van der Waals surface area contributed by atoms with E-state index in [1.54, 1.807) is 0 Å². The minimum absolute atomic E-state index is 0. The second-order valence-electron chi connectivity index (χ2n) is 2.73. The predicted molar refractivity (Wildman–Crippen MR) is 45.5 cm³/mol. The fraction of sp³-hybridized carbons (Fsp3) is 0.333. The maximum Gasteiger partial charge on any atom is 0.0361 e. The van der Waals surface area contributed by atoms with Gasteiger partial charge in [-0.1, -0.05) is 17.7 Å². The second kappa shape index (κ2) is 4.89. The van der Waals surface area contributed by atoms with Crippen LogP contribution in [-0.2, 0) is 32.7 Å². The molecule has 0 aliphatic rings. The van der Waals surface area contributed by atoms with Gasteiger partial charge in [0.2, 0.25) is 0 Å². The molecular formula is C9H13NY. The van der Waals surface area contributed by atoms with E-state index >= 15 is 0 Å². The Labute approximate surface area is 93.7 Å². The van der Waals surface area contributed by atoms with Gasteiger partial charge >= 0.3 is 0 Å². The number of hydrogen-bond donors (Lipinski definition) is 0. The van der Waals surface area contributed by atoms with E-state index in [2.05, 4.69) is 36.1 Å². The van der Waals surface area contributed by atoms with Crippen molar-refractivity contribution in [1.29, 1.82) is 0 Å². The van der Waals surface area contributed by atoms with Gasteiger partial charge in [-0.05, 0) is 19.1 Å². The van der Waals surface area contributed by atoms with Crippen LogP contribution in [0.2, 0.25) is 0 Å². The molecule has 0 bridgehead atoms. The third-order valence-electron chi connectivity index (χ3n) is 1.55. The van der Waals surface area contributed by atoms with Crippen LogP contribution in [-0.4, -0.2) is 14.1 Å². The number of nitrogens with zero attached hydrogens (tertiary/aromatic N) is 1. The topological polar surface area (TPSA) is 3.24 Å². The summed E-state index contributed by atoms with van der Waals surface area (Å²) in [6, 6.07) is 8.48. The van der Waals surface area contributed by atoms with Gasteiger partial charge in [-0.2, -0.15) is 0 Å². The molecule has 0 aromatic heterocycles. The van der Waals surface area contributed by atoms with Crippen molar-refractivity contribution in [3.8, 4) is 0 Å². The van der Waals surface area contributed by atoms with Gasteiger partial charge in [0.05, 0.1) is 0 Å². The van der Waals surface area contributed by atoms with E-state index in [9.17, 15) is 0 Å². The maximum absolute atomic E-state index is 2.12. The minimum Gasteiger partial charge on any atom is -0.378 e. The van der Waals surface area contributed by atoms with Crippen molar-refractivity contribution < 1.29 is 32.7 Å². The fourth-order valence-corrected chi connectivity index (χ4v) is 0.843. The molecule has 1 aromatic carbocycles. The van der Waals surface area contributed by atoms with Gasteiger partial charge in [0.25, 0.3) is 0 Å². The molecule has 0 amide bonds. The quantitative estimate of drug-likeness (QED) is 0.705. The Morgan fingerprint density at radius 2 is 1.45 bits per heavy atom. The van der Waals surface area contributed by atoms with E-state index in [-0.39, 0.29) is 32.7 Å². The summed E-state index contributed by atoms with van der Waals surface area (Å²) in [5, 5.41) is 0. The molecule has 1 aromatic rings. The zero-order chi connectivity index (χ0) is 7.56. The molecule has 1 radical (unpaired) electrons. The van der Waals surface area contributed by atoms with Crippen molar-refractivity contribution in [3.63, 3.8) is 0 Å². The van der Waals surface area contributed by atoms with E-state index in [4.69, 9.17) is 0 Å². The van der Waals surface area contributed by atoms with Crippen molar-refractivity contribution in [2.75, 3.05) is 19.0 Å². The maximum atomic E-state index is 2.12. The van der Waals surface area contributed by atoms with Gasteiger partial charge in [0, 0.05) is 52.5 Å². The first kappa shape index (κ1) is 11.1. The third-order valence-corrected chi connectivity index (χ3v) is 1.55. The van der Waals surface area contributed by atoms with Crippen LogP contribution < -0.4 is 4.90 Å². The largest absolute Gasteiger partial charge is 0.378 e. The molecule has 1 nitrogen and oxygen atoms in total. The van der Waals surface area contributed by atoms with E-state index < -0.39 is 0 Å². The van der Waals surface area contributed by atoms with E-state index in [0.29, 0.717) is 0 Å². The molecule has 0 spiro atoms. The molecule has 2 heteroatoms. The van der Waals surface area contributed by atoms with Crippen LogP contribution in [0.5, 0.6) is 0 Å². The Morgan fingerprint density at radius 1 is 1.00 bits per heavy atom. The van der Waals surface area contributed by atoms with Crippen LogP contribution in [0.3, 0.4) is 0 Å². The Balaban J connectivity index is 0.000001000. The van der Waals surface area contributed by atoms with Gasteiger partial charge in [-0.3, -0.25) is 0 Å². The summed E-state index contributed by atoms with van der Waals surface area (Å²) in [4.78, 5) is 2.10. The van der Waals surface area contributed by atoms with Gasteiger partial charge in [-0.15, -0.1) is 0 Å². The summed E-state index contributed by atoms with van der Waals surface area (Å²) in [6.45, 7) is 2.10.